The number of thiazole rings is 1. The Kier molecular flexibility index (Phi) is 6.22. The zero-order chi connectivity index (χ0) is 32.3. The number of furan rings is 1. The van der Waals surface area contributed by atoms with Crippen LogP contribution in [0.2, 0.25) is 0 Å². The number of nitrogens with zero attached hydrogens (tertiary/aromatic N) is 5. The first-order valence-electron chi connectivity index (χ1n) is 15.8. The molecule has 0 radical (unpaired) electrons. The fraction of sp³-hybridized carbons (Fsp3) is 0. The van der Waals surface area contributed by atoms with E-state index in [2.05, 4.69) is 36.4 Å². The summed E-state index contributed by atoms with van der Waals surface area (Å²) in [5.74, 6) is 2.24. The van der Waals surface area contributed by atoms with Gasteiger partial charge in [0.15, 0.2) is 23.1 Å². The summed E-state index contributed by atoms with van der Waals surface area (Å²) in [7, 11) is 0. The molecule has 0 aliphatic carbocycles. The molecule has 49 heavy (non-hydrogen) atoms. The first-order valence-corrected chi connectivity index (χ1v) is 16.7. The second-order valence-corrected chi connectivity index (χ2v) is 12.7. The molecule has 0 atom stereocenters. The second kappa shape index (κ2) is 11.0. The van der Waals surface area contributed by atoms with Gasteiger partial charge >= 0.3 is 0 Å². The van der Waals surface area contributed by atoms with Gasteiger partial charge in [0.1, 0.15) is 21.7 Å². The summed E-state index contributed by atoms with van der Waals surface area (Å²) < 4.78 is 13.8. The molecular weight excluding hydrogens is 627 g/mol. The lowest BCUT2D eigenvalue weighted by molar-refractivity contribution is 0.615. The number of hydrogen-bond acceptors (Lipinski definition) is 8. The predicted octanol–water partition coefficient (Wildman–Crippen LogP) is 10.9. The van der Waals surface area contributed by atoms with Crippen molar-refractivity contribution in [3.63, 3.8) is 0 Å². The number of aromatic nitrogens is 5. The van der Waals surface area contributed by atoms with Gasteiger partial charge in [-0.2, -0.15) is 0 Å². The van der Waals surface area contributed by atoms with E-state index in [1.165, 1.54) is 0 Å². The van der Waals surface area contributed by atoms with Crippen LogP contribution in [0.5, 0.6) is 0 Å². The Bertz CT molecular complexity index is 2770. The topological polar surface area (TPSA) is 90.7 Å². The Morgan fingerprint density at radius 2 is 1.08 bits per heavy atom. The van der Waals surface area contributed by atoms with Gasteiger partial charge in [-0.3, -0.25) is 0 Å². The van der Waals surface area contributed by atoms with Crippen LogP contribution in [-0.2, 0) is 0 Å². The maximum atomic E-state index is 6.53. The standard InChI is InChI=1S/C41H23N5O2S/c1-2-10-24(11-3-1)37-44-38(25-20-22-26(23-21-25)41-43-31-16-5-7-19-34(31)49-41)46-39(45-37)28-13-9-18-33-35(28)27-12-8-14-29(36(27)47-33)40-42-30-15-4-6-17-32(30)48-40/h1-23H. The van der Waals surface area contributed by atoms with Crippen LogP contribution in [-0.4, -0.2) is 24.9 Å². The summed E-state index contributed by atoms with van der Waals surface area (Å²) in [6, 6.07) is 46.2. The van der Waals surface area contributed by atoms with Crippen LogP contribution >= 0.6 is 11.3 Å². The van der Waals surface area contributed by atoms with E-state index in [0.29, 0.717) is 28.9 Å². The smallest absolute Gasteiger partial charge is 0.231 e. The van der Waals surface area contributed by atoms with E-state index in [1.54, 1.807) is 11.3 Å². The van der Waals surface area contributed by atoms with Crippen LogP contribution < -0.4 is 0 Å². The second-order valence-electron chi connectivity index (χ2n) is 11.7. The Hall–Kier alpha value is -6.51. The fourth-order valence-corrected chi connectivity index (χ4v) is 7.26. The fourth-order valence-electron chi connectivity index (χ4n) is 6.29. The van der Waals surface area contributed by atoms with Crippen LogP contribution in [0, 0.1) is 0 Å². The number of para-hydroxylation sites is 4. The van der Waals surface area contributed by atoms with Gasteiger partial charge in [0.25, 0.3) is 0 Å². The highest BCUT2D eigenvalue weighted by Crippen LogP contribution is 2.41. The molecule has 230 valence electrons. The van der Waals surface area contributed by atoms with Gasteiger partial charge in [-0.1, -0.05) is 103 Å². The van der Waals surface area contributed by atoms with Gasteiger partial charge in [0.05, 0.1) is 15.8 Å². The van der Waals surface area contributed by atoms with E-state index in [-0.39, 0.29) is 0 Å². The molecule has 4 aromatic heterocycles. The van der Waals surface area contributed by atoms with Gasteiger partial charge in [-0.25, -0.2) is 24.9 Å². The molecule has 0 bridgehead atoms. The lowest BCUT2D eigenvalue weighted by Crippen LogP contribution is -2.00. The molecule has 0 fully saturated rings. The molecule has 7 nitrogen and oxygen atoms in total. The van der Waals surface area contributed by atoms with Crippen LogP contribution in [0.15, 0.2) is 148 Å². The predicted molar refractivity (Wildman–Crippen MR) is 195 cm³/mol. The summed E-state index contributed by atoms with van der Waals surface area (Å²) in [6.45, 7) is 0. The minimum Gasteiger partial charge on any atom is -0.455 e. The van der Waals surface area contributed by atoms with Crippen molar-refractivity contribution in [2.75, 3.05) is 0 Å². The normalized spacial score (nSPS) is 11.7. The van der Waals surface area contributed by atoms with Crippen molar-refractivity contribution in [3.8, 4) is 56.2 Å². The number of rotatable bonds is 5. The molecule has 0 saturated heterocycles. The van der Waals surface area contributed by atoms with E-state index in [1.807, 2.05) is 103 Å². The first-order chi connectivity index (χ1) is 24.2. The van der Waals surface area contributed by atoms with Gasteiger partial charge in [0.2, 0.25) is 5.89 Å². The van der Waals surface area contributed by atoms with Crippen molar-refractivity contribution >= 4 is 54.6 Å². The largest absolute Gasteiger partial charge is 0.455 e. The van der Waals surface area contributed by atoms with Crippen molar-refractivity contribution in [3.05, 3.63) is 140 Å². The third kappa shape index (κ3) is 4.69. The van der Waals surface area contributed by atoms with Crippen molar-refractivity contribution in [1.29, 1.82) is 0 Å². The molecule has 0 aliphatic rings. The maximum absolute atomic E-state index is 6.53. The van der Waals surface area contributed by atoms with Crippen LogP contribution in [0.25, 0.3) is 99.4 Å². The van der Waals surface area contributed by atoms with Gasteiger partial charge in [0, 0.05) is 33.0 Å². The van der Waals surface area contributed by atoms with Gasteiger partial charge in [-0.05, 0) is 36.4 Å². The molecule has 8 heteroatoms. The highest BCUT2D eigenvalue weighted by atomic mass is 32.1. The van der Waals surface area contributed by atoms with E-state index in [4.69, 9.17) is 33.8 Å². The minimum absolute atomic E-state index is 0.510. The van der Waals surface area contributed by atoms with Crippen molar-refractivity contribution in [2.24, 2.45) is 0 Å². The molecule has 0 unspecified atom stereocenters. The lowest BCUT2D eigenvalue weighted by atomic mass is 10.0. The number of hydrogen-bond donors (Lipinski definition) is 0. The average molecular weight is 650 g/mol. The highest BCUT2D eigenvalue weighted by Gasteiger charge is 2.21. The van der Waals surface area contributed by atoms with Crippen LogP contribution in [0.4, 0.5) is 0 Å². The van der Waals surface area contributed by atoms with E-state index >= 15 is 0 Å². The van der Waals surface area contributed by atoms with Crippen molar-refractivity contribution < 1.29 is 8.83 Å². The zero-order valence-corrected chi connectivity index (χ0v) is 26.6. The average Bonchev–Trinajstić information content (AvgIpc) is 3.90. The molecule has 4 heterocycles. The molecule has 0 amide bonds. The highest BCUT2D eigenvalue weighted by molar-refractivity contribution is 7.21. The van der Waals surface area contributed by atoms with E-state index in [0.717, 1.165) is 70.5 Å². The molecule has 10 aromatic rings. The number of fused-ring (bicyclic) bond motifs is 5. The molecule has 0 saturated carbocycles. The summed E-state index contributed by atoms with van der Waals surface area (Å²) in [5.41, 5.74) is 8.41. The van der Waals surface area contributed by atoms with Crippen molar-refractivity contribution in [2.45, 2.75) is 0 Å². The molecular formula is C41H23N5O2S. The molecule has 0 spiro atoms. The van der Waals surface area contributed by atoms with Crippen molar-refractivity contribution in [1.82, 2.24) is 24.9 Å². The SMILES string of the molecule is c1ccc(-c2nc(-c3ccc(-c4nc5ccccc5s4)cc3)nc(-c3cccc4oc5c(-c6nc7ccccc7o6)cccc5c34)n2)cc1. The Morgan fingerprint density at radius 3 is 1.90 bits per heavy atom. The summed E-state index contributed by atoms with van der Waals surface area (Å²) >= 11 is 1.68. The Labute approximate surface area is 283 Å². The lowest BCUT2D eigenvalue weighted by Gasteiger charge is -2.09. The molecule has 0 aliphatic heterocycles. The minimum atomic E-state index is 0.510. The van der Waals surface area contributed by atoms with Crippen LogP contribution in [0.3, 0.4) is 0 Å². The third-order valence-electron chi connectivity index (χ3n) is 8.64. The molecule has 6 aromatic carbocycles. The summed E-state index contributed by atoms with van der Waals surface area (Å²) in [5, 5.41) is 2.82. The summed E-state index contributed by atoms with van der Waals surface area (Å²) in [4.78, 5) is 24.7. The quantitative estimate of drug-likeness (QED) is 0.183. The van der Waals surface area contributed by atoms with E-state index in [9.17, 15) is 0 Å². The molecule has 10 rings (SSSR count). The van der Waals surface area contributed by atoms with E-state index < -0.39 is 0 Å². The first kappa shape index (κ1) is 27.6. The monoisotopic (exact) mass is 649 g/mol. The zero-order valence-electron chi connectivity index (χ0n) is 25.7. The Balaban J connectivity index is 1.13. The summed E-state index contributed by atoms with van der Waals surface area (Å²) in [6.07, 6.45) is 0. The number of oxazole rings is 1. The molecule has 0 N–H and O–H groups in total. The maximum Gasteiger partial charge on any atom is 0.231 e. The Morgan fingerprint density at radius 1 is 0.429 bits per heavy atom. The third-order valence-corrected chi connectivity index (χ3v) is 9.72. The van der Waals surface area contributed by atoms with Crippen LogP contribution in [0.1, 0.15) is 0 Å². The van der Waals surface area contributed by atoms with Gasteiger partial charge in [-0.15, -0.1) is 11.3 Å². The number of benzene rings is 6. The van der Waals surface area contributed by atoms with Gasteiger partial charge < -0.3 is 8.83 Å².